The van der Waals surface area contributed by atoms with Gasteiger partial charge in [0.15, 0.2) is 0 Å². The summed E-state index contributed by atoms with van der Waals surface area (Å²) in [6.45, 7) is 11.3. The van der Waals surface area contributed by atoms with Gasteiger partial charge in [0.25, 0.3) is 0 Å². The normalized spacial score (nSPS) is 22.5. The van der Waals surface area contributed by atoms with Crippen LogP contribution >= 0.6 is 0 Å². The van der Waals surface area contributed by atoms with Gasteiger partial charge in [0.05, 0.1) is 18.8 Å². The molecule has 1 aromatic rings. The zero-order valence-electron chi connectivity index (χ0n) is 14.8. The first-order chi connectivity index (χ1) is 11.0. The van der Waals surface area contributed by atoms with Gasteiger partial charge in [-0.15, -0.1) is 0 Å². The van der Waals surface area contributed by atoms with Crippen LogP contribution in [0.3, 0.4) is 0 Å². The smallest absolute Gasteiger partial charge is 0.234 e. The van der Waals surface area contributed by atoms with Crippen molar-refractivity contribution in [3.05, 3.63) is 35.9 Å². The van der Waals surface area contributed by atoms with Gasteiger partial charge in [-0.3, -0.25) is 9.69 Å². The van der Waals surface area contributed by atoms with Gasteiger partial charge >= 0.3 is 0 Å². The maximum Gasteiger partial charge on any atom is 0.234 e. The molecule has 1 aromatic carbocycles. The van der Waals surface area contributed by atoms with Crippen LogP contribution in [0.1, 0.15) is 39.4 Å². The molecule has 1 amide bonds. The molecule has 0 radical (unpaired) electrons. The van der Waals surface area contributed by atoms with Crippen molar-refractivity contribution in [2.45, 2.75) is 39.9 Å². The van der Waals surface area contributed by atoms with Crippen LogP contribution in [-0.4, -0.2) is 43.1 Å². The molecule has 2 atom stereocenters. The number of carbonyl (C=O) groups excluding carboxylic acids is 1. The standard InChI is InChI=1S/C19H30N2O2/c1-14(2)10-20-19(22)13-21-11-17(15(3)4)23-18(12-21)16-8-6-5-7-9-16/h5-9,14-15,17-18H,10-13H2,1-4H3,(H,20,22)/t17-,18+/m1/s1. The van der Waals surface area contributed by atoms with Crippen LogP contribution in [0.5, 0.6) is 0 Å². The minimum absolute atomic E-state index is 0.0373. The fraction of sp³-hybridized carbons (Fsp3) is 0.632. The second-order valence-corrected chi connectivity index (χ2v) is 7.21. The summed E-state index contributed by atoms with van der Waals surface area (Å²) < 4.78 is 6.27. The number of ether oxygens (including phenoxy) is 1. The third-order valence-corrected chi connectivity index (χ3v) is 4.19. The summed E-state index contributed by atoms with van der Waals surface area (Å²) in [4.78, 5) is 14.4. The Balaban J connectivity index is 2.00. The lowest BCUT2D eigenvalue weighted by Crippen LogP contribution is -2.49. The molecule has 1 N–H and O–H groups in total. The first-order valence-corrected chi connectivity index (χ1v) is 8.65. The Morgan fingerprint density at radius 3 is 2.52 bits per heavy atom. The zero-order chi connectivity index (χ0) is 16.8. The molecule has 1 heterocycles. The maximum atomic E-state index is 12.1. The van der Waals surface area contributed by atoms with Crippen LogP contribution in [0.2, 0.25) is 0 Å². The van der Waals surface area contributed by atoms with Gasteiger partial charge in [0.2, 0.25) is 5.91 Å². The Hall–Kier alpha value is -1.39. The Morgan fingerprint density at radius 2 is 1.91 bits per heavy atom. The van der Waals surface area contributed by atoms with Crippen molar-refractivity contribution in [2.75, 3.05) is 26.2 Å². The molecule has 1 fully saturated rings. The summed E-state index contributed by atoms with van der Waals surface area (Å²) >= 11 is 0. The monoisotopic (exact) mass is 318 g/mol. The second-order valence-electron chi connectivity index (χ2n) is 7.21. The van der Waals surface area contributed by atoms with Crippen molar-refractivity contribution in [3.63, 3.8) is 0 Å². The van der Waals surface area contributed by atoms with Crippen molar-refractivity contribution >= 4 is 5.91 Å². The average molecular weight is 318 g/mol. The van der Waals surface area contributed by atoms with Gasteiger partial charge in [-0.1, -0.05) is 58.0 Å². The highest BCUT2D eigenvalue weighted by Crippen LogP contribution is 2.27. The first kappa shape index (κ1) is 18.0. The predicted octanol–water partition coefficient (Wildman–Crippen LogP) is 2.86. The van der Waals surface area contributed by atoms with E-state index in [4.69, 9.17) is 4.74 Å². The summed E-state index contributed by atoms with van der Waals surface area (Å²) in [6.07, 6.45) is 0.196. The van der Waals surface area contributed by atoms with Gasteiger partial charge in [-0.2, -0.15) is 0 Å². The molecule has 0 saturated carbocycles. The summed E-state index contributed by atoms with van der Waals surface area (Å²) in [5, 5.41) is 3.01. The molecule has 128 valence electrons. The molecule has 0 unspecified atom stereocenters. The highest BCUT2D eigenvalue weighted by atomic mass is 16.5. The molecule has 2 rings (SSSR count). The van der Waals surface area contributed by atoms with Crippen molar-refractivity contribution in [3.8, 4) is 0 Å². The molecule has 1 saturated heterocycles. The van der Waals surface area contributed by atoms with Crippen molar-refractivity contribution < 1.29 is 9.53 Å². The number of nitrogens with zero attached hydrogens (tertiary/aromatic N) is 1. The van der Waals surface area contributed by atoms with Crippen LogP contribution in [0.4, 0.5) is 0 Å². The Morgan fingerprint density at radius 1 is 1.22 bits per heavy atom. The van der Waals surface area contributed by atoms with Gasteiger partial charge in [0.1, 0.15) is 0 Å². The largest absolute Gasteiger partial charge is 0.367 e. The second kappa shape index (κ2) is 8.46. The number of benzene rings is 1. The van der Waals surface area contributed by atoms with Crippen LogP contribution in [-0.2, 0) is 9.53 Å². The van der Waals surface area contributed by atoms with Crippen molar-refractivity contribution in [2.24, 2.45) is 11.8 Å². The highest BCUT2D eigenvalue weighted by molar-refractivity contribution is 5.78. The molecular formula is C19H30N2O2. The van der Waals surface area contributed by atoms with E-state index in [1.807, 2.05) is 18.2 Å². The number of hydrogen-bond donors (Lipinski definition) is 1. The summed E-state index contributed by atoms with van der Waals surface area (Å²) in [6, 6.07) is 10.3. The lowest BCUT2D eigenvalue weighted by atomic mass is 10.0. The number of morpholine rings is 1. The third-order valence-electron chi connectivity index (χ3n) is 4.19. The third kappa shape index (κ3) is 5.63. The highest BCUT2D eigenvalue weighted by Gasteiger charge is 2.31. The van der Waals surface area contributed by atoms with Gasteiger partial charge < -0.3 is 10.1 Å². The van der Waals surface area contributed by atoms with Gasteiger partial charge in [0, 0.05) is 19.6 Å². The molecule has 0 aliphatic carbocycles. The Kier molecular flexibility index (Phi) is 6.60. The Labute approximate surface area is 140 Å². The van der Waals surface area contributed by atoms with E-state index < -0.39 is 0 Å². The molecule has 4 nitrogen and oxygen atoms in total. The summed E-state index contributed by atoms with van der Waals surface area (Å²) in [5.41, 5.74) is 1.19. The number of hydrogen-bond acceptors (Lipinski definition) is 3. The molecule has 1 aliphatic heterocycles. The van der Waals surface area contributed by atoms with E-state index in [2.05, 4.69) is 50.0 Å². The van der Waals surface area contributed by atoms with Crippen molar-refractivity contribution in [1.82, 2.24) is 10.2 Å². The molecule has 0 aromatic heterocycles. The van der Waals surface area contributed by atoms with E-state index >= 15 is 0 Å². The molecular weight excluding hydrogens is 288 g/mol. The number of carbonyl (C=O) groups is 1. The lowest BCUT2D eigenvalue weighted by Gasteiger charge is -2.39. The number of nitrogens with one attached hydrogen (secondary N) is 1. The number of rotatable bonds is 6. The molecule has 0 spiro atoms. The van der Waals surface area contributed by atoms with E-state index in [-0.39, 0.29) is 18.1 Å². The predicted molar refractivity (Wildman–Crippen MR) is 93.2 cm³/mol. The van der Waals surface area contributed by atoms with Gasteiger partial charge in [-0.25, -0.2) is 0 Å². The first-order valence-electron chi connectivity index (χ1n) is 8.65. The molecule has 1 aliphatic rings. The van der Waals surface area contributed by atoms with Crippen molar-refractivity contribution in [1.29, 1.82) is 0 Å². The van der Waals surface area contributed by atoms with E-state index in [0.29, 0.717) is 18.4 Å². The zero-order valence-corrected chi connectivity index (χ0v) is 14.8. The van der Waals surface area contributed by atoms with Crippen LogP contribution in [0.25, 0.3) is 0 Å². The van der Waals surface area contributed by atoms with E-state index in [1.54, 1.807) is 0 Å². The number of amides is 1. The summed E-state index contributed by atoms with van der Waals surface area (Å²) in [7, 11) is 0. The maximum absolute atomic E-state index is 12.1. The quantitative estimate of drug-likeness (QED) is 0.877. The average Bonchev–Trinajstić information content (AvgIpc) is 2.53. The fourth-order valence-corrected chi connectivity index (χ4v) is 2.79. The lowest BCUT2D eigenvalue weighted by molar-refractivity contribution is -0.130. The molecule has 4 heteroatoms. The van der Waals surface area contributed by atoms with Gasteiger partial charge in [-0.05, 0) is 17.4 Å². The van der Waals surface area contributed by atoms with Crippen LogP contribution in [0.15, 0.2) is 30.3 Å². The summed E-state index contributed by atoms with van der Waals surface area (Å²) in [5.74, 6) is 1.02. The fourth-order valence-electron chi connectivity index (χ4n) is 2.79. The SMILES string of the molecule is CC(C)CNC(=O)CN1C[C@@H](c2ccccc2)O[C@@H](C(C)C)C1. The topological polar surface area (TPSA) is 41.6 Å². The van der Waals surface area contributed by atoms with E-state index in [0.717, 1.165) is 19.6 Å². The molecule has 0 bridgehead atoms. The van der Waals surface area contributed by atoms with Crippen LogP contribution < -0.4 is 5.32 Å². The van der Waals surface area contributed by atoms with E-state index in [9.17, 15) is 4.79 Å². The molecule has 23 heavy (non-hydrogen) atoms. The van der Waals surface area contributed by atoms with Crippen LogP contribution in [0, 0.1) is 11.8 Å². The minimum atomic E-state index is 0.0373. The van der Waals surface area contributed by atoms with E-state index in [1.165, 1.54) is 5.56 Å². The Bertz CT molecular complexity index is 487. The minimum Gasteiger partial charge on any atom is -0.367 e.